The van der Waals surface area contributed by atoms with Crippen molar-refractivity contribution < 1.29 is 19.1 Å². The fraction of sp³-hybridized carbons (Fsp3) is 0.938. The Balaban J connectivity index is 2.92. The van der Waals surface area contributed by atoms with Gasteiger partial charge in [-0.3, -0.25) is 4.90 Å². The maximum absolute atomic E-state index is 11.6. The Morgan fingerprint density at radius 3 is 2.52 bits per heavy atom. The number of hydrogen-bond donors (Lipinski definition) is 1. The van der Waals surface area contributed by atoms with Crippen LogP contribution in [0.25, 0.3) is 10.4 Å². The topological polar surface area (TPSA) is 108 Å². The van der Waals surface area contributed by atoms with Crippen LogP contribution in [-0.4, -0.2) is 49.0 Å². The molecule has 1 unspecified atom stereocenters. The molecule has 1 aliphatic rings. The molecule has 0 aromatic carbocycles. The Hall–Kier alpha value is -1.28. The van der Waals surface area contributed by atoms with Crippen LogP contribution >= 0.6 is 0 Å². The quantitative estimate of drug-likeness (QED) is 0.313. The van der Waals surface area contributed by atoms with Gasteiger partial charge in [-0.1, -0.05) is 32.8 Å². The van der Waals surface area contributed by atoms with Gasteiger partial charge in [-0.2, -0.15) is 0 Å². The lowest BCUT2D eigenvalue weighted by atomic mass is 10.00. The van der Waals surface area contributed by atoms with Crippen molar-refractivity contribution in [3.05, 3.63) is 10.4 Å². The molecule has 0 aromatic rings. The fourth-order valence-corrected chi connectivity index (χ4v) is 4.01. The third kappa shape index (κ3) is 5.10. The molecule has 1 aliphatic heterocycles. The maximum Gasteiger partial charge on any atom is 0.409 e. The van der Waals surface area contributed by atoms with Crippen LogP contribution in [0.3, 0.4) is 0 Å². The summed E-state index contributed by atoms with van der Waals surface area (Å²) in [4.78, 5) is 15.9. The Kier molecular flexibility index (Phi) is 6.55. The van der Waals surface area contributed by atoms with Crippen LogP contribution < -0.4 is 0 Å². The molecule has 144 valence electrons. The maximum atomic E-state index is 11.6. The summed E-state index contributed by atoms with van der Waals surface area (Å²) in [5, 5.41) is 13.4. The number of rotatable bonds is 6. The summed E-state index contributed by atoms with van der Waals surface area (Å²) in [6, 6.07) is -0.290. The van der Waals surface area contributed by atoms with Crippen LogP contribution in [0.2, 0.25) is 18.1 Å². The lowest BCUT2D eigenvalue weighted by Crippen LogP contribution is -2.49. The largest absolute Gasteiger partial charge is 0.465 e. The smallest absolute Gasteiger partial charge is 0.409 e. The van der Waals surface area contributed by atoms with Gasteiger partial charge in [0, 0.05) is 4.91 Å². The van der Waals surface area contributed by atoms with Gasteiger partial charge < -0.3 is 14.3 Å². The van der Waals surface area contributed by atoms with Gasteiger partial charge in [0.05, 0.1) is 12.6 Å². The number of amides is 1. The van der Waals surface area contributed by atoms with E-state index in [4.69, 9.17) is 14.7 Å². The Morgan fingerprint density at radius 2 is 2.08 bits per heavy atom. The highest BCUT2D eigenvalue weighted by molar-refractivity contribution is 6.74. The average Bonchev–Trinajstić information content (AvgIpc) is 2.71. The van der Waals surface area contributed by atoms with Crippen LogP contribution in [0, 0.1) is 5.92 Å². The SMILES string of the molecule is C[C@@H](C[C@@H]1COC(C)(C)N1C(=O)O)C(N=[N+]=[N-])O[Si](C)(C)C(C)(C)C. The number of hydrogen-bond acceptors (Lipinski definition) is 4. The van der Waals surface area contributed by atoms with E-state index < -0.39 is 26.4 Å². The first kappa shape index (κ1) is 21.8. The van der Waals surface area contributed by atoms with Crippen molar-refractivity contribution in [1.29, 1.82) is 0 Å². The number of carboxylic acid groups (broad SMARTS) is 1. The van der Waals surface area contributed by atoms with E-state index in [-0.39, 0.29) is 17.0 Å². The second kappa shape index (κ2) is 7.53. The third-order valence-electron chi connectivity index (χ3n) is 5.30. The molecule has 1 heterocycles. The molecule has 0 saturated carbocycles. The summed E-state index contributed by atoms with van der Waals surface area (Å²) in [6.07, 6.45) is -1.12. The fourth-order valence-electron chi connectivity index (χ4n) is 2.77. The van der Waals surface area contributed by atoms with Gasteiger partial charge in [0.2, 0.25) is 0 Å². The zero-order valence-corrected chi connectivity index (χ0v) is 17.6. The van der Waals surface area contributed by atoms with Crippen LogP contribution in [0.15, 0.2) is 5.11 Å². The van der Waals surface area contributed by atoms with Crippen molar-refractivity contribution in [2.75, 3.05) is 6.61 Å². The normalized spacial score (nSPS) is 23.0. The summed E-state index contributed by atoms with van der Waals surface area (Å²) in [5.74, 6) is -0.130. The lowest BCUT2D eigenvalue weighted by molar-refractivity contribution is -0.0428. The zero-order valence-electron chi connectivity index (χ0n) is 16.6. The van der Waals surface area contributed by atoms with Gasteiger partial charge in [-0.05, 0) is 49.8 Å². The molecule has 0 radical (unpaired) electrons. The van der Waals surface area contributed by atoms with Gasteiger partial charge in [0.1, 0.15) is 12.0 Å². The van der Waals surface area contributed by atoms with E-state index in [9.17, 15) is 9.90 Å². The summed E-state index contributed by atoms with van der Waals surface area (Å²) in [7, 11) is -2.12. The van der Waals surface area contributed by atoms with E-state index in [0.29, 0.717) is 13.0 Å². The van der Waals surface area contributed by atoms with Crippen molar-refractivity contribution in [2.24, 2.45) is 11.0 Å². The zero-order chi connectivity index (χ0) is 19.6. The van der Waals surface area contributed by atoms with E-state index in [1.165, 1.54) is 4.90 Å². The molecule has 0 bridgehead atoms. The highest BCUT2D eigenvalue weighted by Gasteiger charge is 2.46. The minimum Gasteiger partial charge on any atom is -0.465 e. The van der Waals surface area contributed by atoms with Crippen LogP contribution in [0.5, 0.6) is 0 Å². The highest BCUT2D eigenvalue weighted by atomic mass is 28.4. The molecule has 0 aromatic heterocycles. The molecule has 0 spiro atoms. The molecular formula is C16H32N4O4Si. The first-order valence-corrected chi connectivity index (χ1v) is 11.5. The van der Waals surface area contributed by atoms with Crippen molar-refractivity contribution in [3.63, 3.8) is 0 Å². The van der Waals surface area contributed by atoms with Gasteiger partial charge in [-0.25, -0.2) is 4.79 Å². The predicted octanol–water partition coefficient (Wildman–Crippen LogP) is 4.79. The van der Waals surface area contributed by atoms with Crippen molar-refractivity contribution in [1.82, 2.24) is 4.90 Å². The average molecular weight is 373 g/mol. The first-order valence-electron chi connectivity index (χ1n) is 8.61. The minimum atomic E-state index is -2.12. The Morgan fingerprint density at radius 1 is 1.52 bits per heavy atom. The van der Waals surface area contributed by atoms with Crippen molar-refractivity contribution >= 4 is 14.4 Å². The summed E-state index contributed by atoms with van der Waals surface area (Å²) in [5.41, 5.74) is 8.08. The standard InChI is InChI=1S/C16H32N4O4Si/c1-11(9-12-10-23-16(5,6)20(12)14(21)22)13(18-19-17)24-25(7,8)15(2,3)4/h11-13H,9-10H2,1-8H3,(H,21,22)/t11-,12+,13?/m0/s1. The molecule has 25 heavy (non-hydrogen) atoms. The van der Waals surface area contributed by atoms with Gasteiger partial charge >= 0.3 is 6.09 Å². The summed E-state index contributed by atoms with van der Waals surface area (Å²) < 4.78 is 11.9. The highest BCUT2D eigenvalue weighted by Crippen LogP contribution is 2.39. The number of azide groups is 1. The molecule has 1 rings (SSSR count). The molecule has 1 saturated heterocycles. The van der Waals surface area contributed by atoms with Gasteiger partial charge in [0.15, 0.2) is 8.32 Å². The van der Waals surface area contributed by atoms with Gasteiger partial charge in [0.25, 0.3) is 0 Å². The van der Waals surface area contributed by atoms with Crippen molar-refractivity contribution in [2.45, 2.75) is 84.1 Å². The van der Waals surface area contributed by atoms with E-state index in [1.54, 1.807) is 13.8 Å². The van der Waals surface area contributed by atoms with Crippen LogP contribution in [-0.2, 0) is 9.16 Å². The van der Waals surface area contributed by atoms with Crippen LogP contribution in [0.4, 0.5) is 4.79 Å². The second-order valence-electron chi connectivity index (χ2n) is 8.75. The molecule has 9 heteroatoms. The molecule has 1 fully saturated rings. The lowest BCUT2D eigenvalue weighted by Gasteiger charge is -2.40. The predicted molar refractivity (Wildman–Crippen MR) is 98.7 cm³/mol. The molecule has 8 nitrogen and oxygen atoms in total. The van der Waals surface area contributed by atoms with E-state index in [2.05, 4.69) is 43.9 Å². The Bertz CT molecular complexity index is 541. The molecular weight excluding hydrogens is 340 g/mol. The van der Waals surface area contributed by atoms with Gasteiger partial charge in [-0.15, -0.1) is 0 Å². The second-order valence-corrected chi connectivity index (χ2v) is 13.5. The number of ether oxygens (including phenoxy) is 1. The monoisotopic (exact) mass is 372 g/mol. The number of carbonyl (C=O) groups is 1. The van der Waals surface area contributed by atoms with Crippen molar-refractivity contribution in [3.8, 4) is 0 Å². The molecule has 3 atom stereocenters. The van der Waals surface area contributed by atoms with E-state index >= 15 is 0 Å². The first-order chi connectivity index (χ1) is 11.2. The summed E-state index contributed by atoms with van der Waals surface area (Å²) in [6.45, 7) is 16.3. The molecule has 1 N–H and O–H groups in total. The minimum absolute atomic E-state index is 0.0124. The third-order valence-corrected chi connectivity index (χ3v) is 9.74. The summed E-state index contributed by atoms with van der Waals surface area (Å²) >= 11 is 0. The van der Waals surface area contributed by atoms with E-state index in [1.807, 2.05) is 6.92 Å². The number of nitrogens with zero attached hydrogens (tertiary/aromatic N) is 4. The van der Waals surface area contributed by atoms with E-state index in [0.717, 1.165) is 0 Å². The van der Waals surface area contributed by atoms with Crippen LogP contribution in [0.1, 0.15) is 48.0 Å². The molecule has 0 aliphatic carbocycles. The molecule has 1 amide bonds. The Labute approximate surface area is 151 Å².